The number of fused-ring (bicyclic) bond motifs is 2. The van der Waals surface area contributed by atoms with Crippen LogP contribution in [0.15, 0.2) is 24.3 Å². The van der Waals surface area contributed by atoms with E-state index in [4.69, 9.17) is 5.73 Å². The van der Waals surface area contributed by atoms with E-state index in [1.165, 1.54) is 19.3 Å². The largest absolute Gasteiger partial charge is 0.378 e. The molecule has 2 fully saturated rings. The number of hydrogen-bond acceptors (Lipinski definition) is 3. The Kier molecular flexibility index (Phi) is 4.90. The Labute approximate surface area is 139 Å². The predicted molar refractivity (Wildman–Crippen MR) is 94.1 cm³/mol. The first kappa shape index (κ1) is 16.3. The van der Waals surface area contributed by atoms with Crippen LogP contribution in [0.4, 0.5) is 5.69 Å². The second kappa shape index (κ2) is 6.91. The van der Waals surface area contributed by atoms with Crippen molar-refractivity contribution in [3.8, 4) is 0 Å². The van der Waals surface area contributed by atoms with Crippen molar-refractivity contribution in [2.45, 2.75) is 44.7 Å². The molecule has 126 valence electrons. The van der Waals surface area contributed by atoms with Gasteiger partial charge in [0.2, 0.25) is 5.91 Å². The maximum absolute atomic E-state index is 12.6. The fourth-order valence-corrected chi connectivity index (χ4v) is 4.28. The Hall–Kier alpha value is -1.55. The topological polar surface area (TPSA) is 58.4 Å². The summed E-state index contributed by atoms with van der Waals surface area (Å²) in [6.07, 6.45) is 5.63. The van der Waals surface area contributed by atoms with Gasteiger partial charge >= 0.3 is 0 Å². The molecule has 3 N–H and O–H groups in total. The summed E-state index contributed by atoms with van der Waals surface area (Å²) in [5.41, 5.74) is 8.63. The summed E-state index contributed by atoms with van der Waals surface area (Å²) in [6, 6.07) is 8.64. The molecule has 2 bridgehead atoms. The third kappa shape index (κ3) is 3.69. The molecule has 0 spiro atoms. The number of nitrogens with one attached hydrogen (secondary N) is 1. The SMILES string of the molecule is CN(C)c1cccc(CNC(=O)C2CC3CCCC(C2)C3N)c1. The summed E-state index contributed by atoms with van der Waals surface area (Å²) in [4.78, 5) is 14.6. The molecule has 2 atom stereocenters. The molecule has 2 aliphatic carbocycles. The number of carbonyl (C=O) groups excluding carboxylic acids is 1. The van der Waals surface area contributed by atoms with Crippen molar-refractivity contribution in [1.29, 1.82) is 0 Å². The average Bonchev–Trinajstić information content (AvgIpc) is 2.52. The first-order chi connectivity index (χ1) is 11.0. The smallest absolute Gasteiger partial charge is 0.223 e. The van der Waals surface area contributed by atoms with Crippen molar-refractivity contribution in [2.75, 3.05) is 19.0 Å². The van der Waals surface area contributed by atoms with Crippen LogP contribution in [0.3, 0.4) is 0 Å². The maximum atomic E-state index is 12.6. The lowest BCUT2D eigenvalue weighted by Crippen LogP contribution is -2.49. The van der Waals surface area contributed by atoms with Crippen LogP contribution < -0.4 is 16.0 Å². The van der Waals surface area contributed by atoms with E-state index in [1.807, 2.05) is 20.2 Å². The van der Waals surface area contributed by atoms with Crippen molar-refractivity contribution in [2.24, 2.45) is 23.5 Å². The Balaban J connectivity index is 1.56. The van der Waals surface area contributed by atoms with E-state index >= 15 is 0 Å². The number of hydrogen-bond donors (Lipinski definition) is 2. The molecule has 4 heteroatoms. The highest BCUT2D eigenvalue weighted by atomic mass is 16.1. The predicted octanol–water partition coefficient (Wildman–Crippen LogP) is 2.52. The highest BCUT2D eigenvalue weighted by Gasteiger charge is 2.40. The van der Waals surface area contributed by atoms with E-state index in [-0.39, 0.29) is 11.8 Å². The second-order valence-corrected chi connectivity index (χ2v) is 7.48. The second-order valence-electron chi connectivity index (χ2n) is 7.48. The normalized spacial score (nSPS) is 29.9. The number of amides is 1. The van der Waals surface area contributed by atoms with Crippen molar-refractivity contribution in [1.82, 2.24) is 5.32 Å². The first-order valence-electron chi connectivity index (χ1n) is 8.84. The molecule has 0 heterocycles. The molecular formula is C19H29N3O. The third-order valence-electron chi connectivity index (χ3n) is 5.68. The number of rotatable bonds is 4. The van der Waals surface area contributed by atoms with Crippen molar-refractivity contribution in [3.05, 3.63) is 29.8 Å². The average molecular weight is 315 g/mol. The number of carbonyl (C=O) groups is 1. The van der Waals surface area contributed by atoms with Crippen LogP contribution in [0.1, 0.15) is 37.7 Å². The maximum Gasteiger partial charge on any atom is 0.223 e. The van der Waals surface area contributed by atoms with Crippen molar-refractivity contribution < 1.29 is 4.79 Å². The molecule has 1 amide bonds. The van der Waals surface area contributed by atoms with Crippen LogP contribution in [-0.4, -0.2) is 26.0 Å². The zero-order valence-electron chi connectivity index (χ0n) is 14.3. The van der Waals surface area contributed by atoms with Crippen LogP contribution in [0, 0.1) is 17.8 Å². The standard InChI is InChI=1S/C19H29N3O/c1-22(2)17-8-3-5-13(9-17)12-21-19(23)16-10-14-6-4-7-15(11-16)18(14)20/h3,5,8-9,14-16,18H,4,6-7,10-12,20H2,1-2H3,(H,21,23). The fraction of sp³-hybridized carbons (Fsp3) is 0.632. The Bertz CT molecular complexity index is 543. The first-order valence-corrected chi connectivity index (χ1v) is 8.84. The van der Waals surface area contributed by atoms with E-state index in [9.17, 15) is 4.79 Å². The van der Waals surface area contributed by atoms with Crippen LogP contribution in [0.25, 0.3) is 0 Å². The Morgan fingerprint density at radius 2 is 1.96 bits per heavy atom. The van der Waals surface area contributed by atoms with Gasteiger partial charge in [-0.15, -0.1) is 0 Å². The van der Waals surface area contributed by atoms with Gasteiger partial charge in [-0.25, -0.2) is 0 Å². The van der Waals surface area contributed by atoms with Gasteiger partial charge in [-0.2, -0.15) is 0 Å². The van der Waals surface area contributed by atoms with Crippen LogP contribution in [0.2, 0.25) is 0 Å². The van der Waals surface area contributed by atoms with Gasteiger partial charge in [-0.05, 0) is 55.2 Å². The molecule has 2 saturated carbocycles. The number of benzene rings is 1. The van der Waals surface area contributed by atoms with Gasteiger partial charge in [-0.1, -0.05) is 18.6 Å². The lowest BCUT2D eigenvalue weighted by Gasteiger charge is -2.43. The van der Waals surface area contributed by atoms with Gasteiger partial charge in [0.05, 0.1) is 0 Å². The monoisotopic (exact) mass is 315 g/mol. The molecule has 0 radical (unpaired) electrons. The zero-order valence-corrected chi connectivity index (χ0v) is 14.3. The van der Waals surface area contributed by atoms with Crippen LogP contribution in [-0.2, 0) is 11.3 Å². The molecular weight excluding hydrogens is 286 g/mol. The quantitative estimate of drug-likeness (QED) is 0.897. The zero-order chi connectivity index (χ0) is 16.4. The lowest BCUT2D eigenvalue weighted by atomic mass is 9.65. The minimum absolute atomic E-state index is 0.155. The Morgan fingerprint density at radius 1 is 1.26 bits per heavy atom. The van der Waals surface area contributed by atoms with Crippen molar-refractivity contribution in [3.63, 3.8) is 0 Å². The summed E-state index contributed by atoms with van der Waals surface area (Å²) in [7, 11) is 4.06. The van der Waals surface area contributed by atoms with Gasteiger partial charge in [0.25, 0.3) is 0 Å². The number of nitrogens with two attached hydrogens (primary N) is 1. The molecule has 2 aliphatic rings. The van der Waals surface area contributed by atoms with Gasteiger partial charge in [0, 0.05) is 38.3 Å². The summed E-state index contributed by atoms with van der Waals surface area (Å²) in [5.74, 6) is 1.47. The summed E-state index contributed by atoms with van der Waals surface area (Å²) >= 11 is 0. The fourth-order valence-electron chi connectivity index (χ4n) is 4.28. The van der Waals surface area contributed by atoms with Gasteiger partial charge in [0.15, 0.2) is 0 Å². The van der Waals surface area contributed by atoms with Gasteiger partial charge < -0.3 is 16.0 Å². The molecule has 0 saturated heterocycles. The molecule has 0 aliphatic heterocycles. The molecule has 0 aromatic heterocycles. The molecule has 1 aromatic carbocycles. The molecule has 4 nitrogen and oxygen atoms in total. The third-order valence-corrected chi connectivity index (χ3v) is 5.68. The van der Waals surface area contributed by atoms with E-state index in [0.29, 0.717) is 24.4 Å². The molecule has 3 rings (SSSR count). The number of nitrogens with zero attached hydrogens (tertiary/aromatic N) is 1. The number of anilines is 1. The molecule has 2 unspecified atom stereocenters. The van der Waals surface area contributed by atoms with Crippen LogP contribution in [0.5, 0.6) is 0 Å². The minimum atomic E-state index is 0.155. The van der Waals surface area contributed by atoms with E-state index in [0.717, 1.165) is 24.1 Å². The molecule has 1 aromatic rings. The summed E-state index contributed by atoms with van der Waals surface area (Å²) in [6.45, 7) is 0.610. The molecule has 23 heavy (non-hydrogen) atoms. The summed E-state index contributed by atoms with van der Waals surface area (Å²) in [5, 5.41) is 3.14. The highest BCUT2D eigenvalue weighted by Crippen LogP contribution is 2.41. The highest BCUT2D eigenvalue weighted by molar-refractivity contribution is 5.78. The summed E-state index contributed by atoms with van der Waals surface area (Å²) < 4.78 is 0. The van der Waals surface area contributed by atoms with Gasteiger partial charge in [-0.3, -0.25) is 4.79 Å². The van der Waals surface area contributed by atoms with E-state index in [2.05, 4.69) is 28.4 Å². The Morgan fingerprint density at radius 3 is 2.61 bits per heavy atom. The van der Waals surface area contributed by atoms with E-state index in [1.54, 1.807) is 0 Å². The van der Waals surface area contributed by atoms with E-state index < -0.39 is 0 Å². The minimum Gasteiger partial charge on any atom is -0.378 e. The van der Waals surface area contributed by atoms with Gasteiger partial charge in [0.1, 0.15) is 0 Å². The van der Waals surface area contributed by atoms with Crippen molar-refractivity contribution >= 4 is 11.6 Å². The lowest BCUT2D eigenvalue weighted by molar-refractivity contribution is -0.128. The van der Waals surface area contributed by atoms with Crippen LogP contribution >= 0.6 is 0 Å².